The third kappa shape index (κ3) is 4.39. The largest absolute Gasteiger partial charge is 0.497 e. The fourth-order valence-electron chi connectivity index (χ4n) is 3.22. The Hall–Kier alpha value is -4.33. The average molecular weight is 432 g/mol. The number of nitrogens with one attached hydrogen (secondary N) is 2. The van der Waals surface area contributed by atoms with E-state index in [1.165, 1.54) is 4.68 Å². The van der Waals surface area contributed by atoms with Crippen LogP contribution < -0.4 is 30.2 Å². The first-order chi connectivity index (χ1) is 15.6. The first-order valence-electron chi connectivity index (χ1n) is 9.87. The molecular formula is C24H22N3O5+. The Morgan fingerprint density at radius 3 is 2.12 bits per heavy atom. The second-order valence-corrected chi connectivity index (χ2v) is 6.89. The number of carbonyl (C=O) groups is 1. The molecule has 1 heterocycles. The zero-order valence-electron chi connectivity index (χ0n) is 17.6. The number of para-hydroxylation sites is 1. The van der Waals surface area contributed by atoms with E-state index in [9.17, 15) is 9.59 Å². The maximum absolute atomic E-state index is 13.2. The molecule has 1 aromatic heterocycles. The second kappa shape index (κ2) is 9.22. The molecule has 0 radical (unpaired) electrons. The molecule has 8 nitrogen and oxygen atoms in total. The lowest BCUT2D eigenvalue weighted by molar-refractivity contribution is -0.337. The minimum absolute atomic E-state index is 0.270. The Morgan fingerprint density at radius 1 is 0.875 bits per heavy atom. The van der Waals surface area contributed by atoms with Crippen molar-refractivity contribution in [2.45, 2.75) is 0 Å². The van der Waals surface area contributed by atoms with Crippen LogP contribution in [0.15, 0.2) is 77.6 Å². The lowest BCUT2D eigenvalue weighted by atomic mass is 10.2. The van der Waals surface area contributed by atoms with Gasteiger partial charge in [-0.05, 0) is 60.7 Å². The molecule has 0 aliphatic rings. The highest BCUT2D eigenvalue weighted by atomic mass is 16.5. The van der Waals surface area contributed by atoms with Crippen LogP contribution in [0.3, 0.4) is 0 Å². The third-order valence-electron chi connectivity index (χ3n) is 4.87. The van der Waals surface area contributed by atoms with Gasteiger partial charge in [-0.1, -0.05) is 16.8 Å². The van der Waals surface area contributed by atoms with E-state index in [1.54, 1.807) is 74.9 Å². The van der Waals surface area contributed by atoms with Gasteiger partial charge >= 0.3 is 11.4 Å². The van der Waals surface area contributed by atoms with Gasteiger partial charge in [0.15, 0.2) is 6.61 Å². The number of H-pyrrole nitrogens is 1. The van der Waals surface area contributed by atoms with Crippen molar-refractivity contribution < 1.29 is 24.0 Å². The number of fused-ring (bicyclic) bond motifs is 1. The van der Waals surface area contributed by atoms with Gasteiger partial charge in [0.05, 0.1) is 19.8 Å². The Kier molecular flexibility index (Phi) is 6.03. The second-order valence-electron chi connectivity index (χ2n) is 6.89. The summed E-state index contributed by atoms with van der Waals surface area (Å²) in [5, 5.41) is 0.445. The molecule has 0 fully saturated rings. The fraction of sp³-hybridized carbons (Fsp3) is 0.125. The molecule has 4 aromatic rings. The summed E-state index contributed by atoms with van der Waals surface area (Å²) in [4.78, 5) is 29.0. The van der Waals surface area contributed by atoms with Gasteiger partial charge in [0.25, 0.3) is 5.91 Å². The number of aromatic nitrogens is 2. The quantitative estimate of drug-likeness (QED) is 0.485. The molecule has 1 amide bonds. The number of amides is 1. The highest BCUT2D eigenvalue weighted by Gasteiger charge is 2.22. The van der Waals surface area contributed by atoms with Crippen LogP contribution in [0.5, 0.6) is 17.2 Å². The number of nitrogens with zero attached hydrogens (tertiary/aromatic N) is 1. The molecule has 2 N–H and O–H groups in total. The molecule has 0 bridgehead atoms. The number of rotatable bonds is 7. The van der Waals surface area contributed by atoms with Gasteiger partial charge in [0.2, 0.25) is 0 Å². The maximum atomic E-state index is 13.2. The minimum atomic E-state index is -0.485. The number of hydrogen-bond acceptors (Lipinski definition) is 5. The molecule has 0 saturated carbocycles. The Labute approximate surface area is 184 Å². The number of hydrogen-bond donors (Lipinski definition) is 1. The van der Waals surface area contributed by atoms with Crippen molar-refractivity contribution >= 4 is 16.8 Å². The summed E-state index contributed by atoms with van der Waals surface area (Å²) in [7, 11) is 3.15. The van der Waals surface area contributed by atoms with Crippen LogP contribution in [-0.4, -0.2) is 31.4 Å². The number of benzene rings is 3. The maximum Gasteiger partial charge on any atom is 0.369 e. The van der Waals surface area contributed by atoms with Crippen molar-refractivity contribution in [1.82, 2.24) is 4.68 Å². The standard InChI is InChI=1S/C24H21N3O5/c1-30-17-9-7-16(8-10-17)23-25-21-6-4-3-5-20(21)24(29)27(23)26-22(28)15-32-19-13-11-18(31-2)12-14-19/h3-14H,15H2,1-2H3,(H,26,28)/p+1. The van der Waals surface area contributed by atoms with Crippen LogP contribution in [-0.2, 0) is 4.79 Å². The van der Waals surface area contributed by atoms with E-state index in [1.807, 2.05) is 12.1 Å². The van der Waals surface area contributed by atoms with E-state index >= 15 is 0 Å². The predicted molar refractivity (Wildman–Crippen MR) is 120 cm³/mol. The molecule has 0 aliphatic heterocycles. The topological polar surface area (TPSA) is 92.9 Å². The van der Waals surface area contributed by atoms with E-state index in [0.29, 0.717) is 39.5 Å². The SMILES string of the molecule is COc1ccc(OCC(=O)Nn2c(-c3ccc(OC)cc3)[nH+]c3ccccc3c2=O)cc1. The highest BCUT2D eigenvalue weighted by Crippen LogP contribution is 2.19. The van der Waals surface area contributed by atoms with E-state index < -0.39 is 5.91 Å². The van der Waals surface area contributed by atoms with Gasteiger partial charge in [0, 0.05) is 0 Å². The van der Waals surface area contributed by atoms with Crippen molar-refractivity contribution in [3.05, 3.63) is 83.2 Å². The Bertz CT molecular complexity index is 1300. The summed E-state index contributed by atoms with van der Waals surface area (Å²) >= 11 is 0. The first kappa shape index (κ1) is 20.9. The number of carbonyl (C=O) groups excluding carboxylic acids is 1. The average Bonchev–Trinajstić information content (AvgIpc) is 2.85. The van der Waals surface area contributed by atoms with Gasteiger partial charge < -0.3 is 14.2 Å². The Morgan fingerprint density at radius 2 is 1.47 bits per heavy atom. The summed E-state index contributed by atoms with van der Waals surface area (Å²) in [5.41, 5.74) is 3.64. The molecule has 4 rings (SSSR count). The smallest absolute Gasteiger partial charge is 0.369 e. The van der Waals surface area contributed by atoms with Gasteiger partial charge in [0.1, 0.15) is 28.2 Å². The minimum Gasteiger partial charge on any atom is -0.497 e. The van der Waals surface area contributed by atoms with E-state index in [0.717, 1.165) is 0 Å². The van der Waals surface area contributed by atoms with E-state index in [2.05, 4.69) is 10.4 Å². The number of aromatic amines is 1. The van der Waals surface area contributed by atoms with Crippen LogP contribution >= 0.6 is 0 Å². The fourth-order valence-corrected chi connectivity index (χ4v) is 3.22. The van der Waals surface area contributed by atoms with E-state index in [-0.39, 0.29) is 12.2 Å². The van der Waals surface area contributed by atoms with Crippen molar-refractivity contribution in [3.63, 3.8) is 0 Å². The molecule has 0 atom stereocenters. The molecule has 0 unspecified atom stereocenters. The summed E-state index contributed by atoms with van der Waals surface area (Å²) in [6.07, 6.45) is 0. The molecular weight excluding hydrogens is 410 g/mol. The molecule has 3 aromatic carbocycles. The molecule has 0 aliphatic carbocycles. The third-order valence-corrected chi connectivity index (χ3v) is 4.87. The molecule has 162 valence electrons. The molecule has 32 heavy (non-hydrogen) atoms. The summed E-state index contributed by atoms with van der Waals surface area (Å²) < 4.78 is 17.0. The normalized spacial score (nSPS) is 10.6. The summed E-state index contributed by atoms with van der Waals surface area (Å²) in [6.45, 7) is -0.270. The molecule has 8 heteroatoms. The summed E-state index contributed by atoms with van der Waals surface area (Å²) in [6, 6.07) is 21.1. The van der Waals surface area contributed by atoms with Gasteiger partial charge in [-0.15, -0.1) is 0 Å². The monoisotopic (exact) mass is 432 g/mol. The van der Waals surface area contributed by atoms with Crippen molar-refractivity contribution in [1.29, 1.82) is 0 Å². The van der Waals surface area contributed by atoms with Crippen LogP contribution in [0, 0.1) is 0 Å². The van der Waals surface area contributed by atoms with Crippen LogP contribution in [0.2, 0.25) is 0 Å². The van der Waals surface area contributed by atoms with Crippen molar-refractivity contribution in [3.8, 4) is 28.6 Å². The Balaban J connectivity index is 1.64. The molecule has 0 spiro atoms. The highest BCUT2D eigenvalue weighted by molar-refractivity contribution is 5.86. The lowest BCUT2D eigenvalue weighted by Crippen LogP contribution is -2.40. The zero-order chi connectivity index (χ0) is 22.5. The zero-order valence-corrected chi connectivity index (χ0v) is 17.6. The van der Waals surface area contributed by atoms with Gasteiger partial charge in [-0.2, -0.15) is 5.43 Å². The molecule has 0 saturated heterocycles. The van der Waals surface area contributed by atoms with Crippen molar-refractivity contribution in [2.24, 2.45) is 0 Å². The van der Waals surface area contributed by atoms with Gasteiger partial charge in [-0.3, -0.25) is 4.79 Å². The van der Waals surface area contributed by atoms with Crippen LogP contribution in [0.1, 0.15) is 0 Å². The van der Waals surface area contributed by atoms with E-state index in [4.69, 9.17) is 14.2 Å². The number of ether oxygens (including phenoxy) is 3. The van der Waals surface area contributed by atoms with Crippen molar-refractivity contribution in [2.75, 3.05) is 26.3 Å². The predicted octanol–water partition coefficient (Wildman–Crippen LogP) is 2.65. The first-order valence-corrected chi connectivity index (χ1v) is 9.87. The van der Waals surface area contributed by atoms with Crippen LogP contribution in [0.4, 0.5) is 0 Å². The van der Waals surface area contributed by atoms with Gasteiger partial charge in [-0.25, -0.2) is 9.78 Å². The number of methoxy groups -OCH3 is 2. The lowest BCUT2D eigenvalue weighted by Gasteiger charge is -2.10. The van der Waals surface area contributed by atoms with Crippen LogP contribution in [0.25, 0.3) is 22.3 Å². The summed E-state index contributed by atoms with van der Waals surface area (Å²) in [5.74, 6) is 1.81.